The third-order valence-corrected chi connectivity index (χ3v) is 4.18. The Morgan fingerprint density at radius 2 is 2.04 bits per heavy atom. The highest BCUT2D eigenvalue weighted by Crippen LogP contribution is 2.14. The van der Waals surface area contributed by atoms with E-state index in [0.29, 0.717) is 23.7 Å². The van der Waals surface area contributed by atoms with Crippen LogP contribution in [0.25, 0.3) is 5.78 Å². The van der Waals surface area contributed by atoms with Gasteiger partial charge in [0.05, 0.1) is 5.69 Å². The maximum atomic E-state index is 12.6. The van der Waals surface area contributed by atoms with Gasteiger partial charge in [-0.25, -0.2) is 9.97 Å². The number of carbonyl (C=O) groups excluding carboxylic acids is 1. The maximum Gasteiger partial charge on any atom is 0.270 e. The second kappa shape index (κ2) is 6.70. The summed E-state index contributed by atoms with van der Waals surface area (Å²) in [5, 5.41) is 3.00. The molecule has 1 aromatic carbocycles. The molecule has 1 N–H and O–H groups in total. The van der Waals surface area contributed by atoms with Gasteiger partial charge in [-0.05, 0) is 32.0 Å². The Kier molecular flexibility index (Phi) is 4.46. The predicted molar refractivity (Wildman–Crippen MR) is 94.4 cm³/mol. The third kappa shape index (κ3) is 3.08. The van der Waals surface area contributed by atoms with E-state index in [0.717, 1.165) is 5.69 Å². The van der Waals surface area contributed by atoms with E-state index >= 15 is 0 Å². The van der Waals surface area contributed by atoms with E-state index in [-0.39, 0.29) is 11.9 Å². The summed E-state index contributed by atoms with van der Waals surface area (Å²) in [6.45, 7) is 4.44. The monoisotopic (exact) mass is 323 g/mol. The number of hydrogen-bond acceptors (Lipinski definition) is 4. The molecule has 0 saturated carbocycles. The average Bonchev–Trinajstić information content (AvgIpc) is 2.95. The maximum absolute atomic E-state index is 12.6. The molecule has 1 amide bonds. The molecule has 0 aliphatic heterocycles. The number of para-hydroxylation sites is 1. The second-order valence-electron chi connectivity index (χ2n) is 5.84. The molecule has 0 bridgehead atoms. The topological polar surface area (TPSA) is 62.5 Å². The van der Waals surface area contributed by atoms with Crippen molar-refractivity contribution in [2.24, 2.45) is 0 Å². The van der Waals surface area contributed by atoms with Crippen molar-refractivity contribution < 1.29 is 4.79 Å². The zero-order valence-corrected chi connectivity index (χ0v) is 14.1. The average molecular weight is 323 g/mol. The number of aryl methyl sites for hydroxylation is 1. The van der Waals surface area contributed by atoms with E-state index < -0.39 is 0 Å². The summed E-state index contributed by atoms with van der Waals surface area (Å²) in [4.78, 5) is 23.2. The number of imidazole rings is 1. The molecule has 2 heterocycles. The second-order valence-corrected chi connectivity index (χ2v) is 5.84. The summed E-state index contributed by atoms with van der Waals surface area (Å²) >= 11 is 0. The van der Waals surface area contributed by atoms with Crippen LogP contribution >= 0.6 is 0 Å². The van der Waals surface area contributed by atoms with Crippen LogP contribution in [0.5, 0.6) is 0 Å². The zero-order chi connectivity index (χ0) is 17.1. The first-order chi connectivity index (χ1) is 11.6. The molecule has 6 nitrogen and oxygen atoms in total. The number of hydrogen-bond donors (Lipinski definition) is 1. The van der Waals surface area contributed by atoms with Crippen LogP contribution in [-0.4, -0.2) is 39.9 Å². The molecule has 6 heteroatoms. The molecule has 0 aliphatic carbocycles. The Morgan fingerprint density at radius 1 is 1.29 bits per heavy atom. The predicted octanol–water partition coefficient (Wildman–Crippen LogP) is 2.29. The van der Waals surface area contributed by atoms with E-state index in [1.54, 1.807) is 22.9 Å². The van der Waals surface area contributed by atoms with Crippen molar-refractivity contribution in [3.8, 4) is 0 Å². The van der Waals surface area contributed by atoms with Crippen LogP contribution in [0.4, 0.5) is 5.69 Å². The van der Waals surface area contributed by atoms with Crippen LogP contribution in [0.1, 0.15) is 23.1 Å². The summed E-state index contributed by atoms with van der Waals surface area (Å²) in [6.07, 6.45) is 3.47. The van der Waals surface area contributed by atoms with Crippen molar-refractivity contribution in [3.63, 3.8) is 0 Å². The van der Waals surface area contributed by atoms with Crippen LogP contribution in [-0.2, 0) is 0 Å². The summed E-state index contributed by atoms with van der Waals surface area (Å²) in [5.74, 6) is 0.399. The molecule has 3 rings (SSSR count). The van der Waals surface area contributed by atoms with Gasteiger partial charge >= 0.3 is 0 Å². The molecule has 0 radical (unpaired) electrons. The van der Waals surface area contributed by atoms with Crippen molar-refractivity contribution in [3.05, 3.63) is 60.2 Å². The number of amides is 1. The lowest BCUT2D eigenvalue weighted by molar-refractivity contribution is 0.0945. The lowest BCUT2D eigenvalue weighted by atomic mass is 10.2. The molecule has 0 fully saturated rings. The fraction of sp³-hybridized carbons (Fsp3) is 0.278. The summed E-state index contributed by atoms with van der Waals surface area (Å²) in [6, 6.07) is 12.1. The van der Waals surface area contributed by atoms with E-state index in [9.17, 15) is 4.79 Å². The number of carbonyl (C=O) groups is 1. The zero-order valence-electron chi connectivity index (χ0n) is 14.1. The molecular weight excluding hydrogens is 302 g/mol. The number of rotatable bonds is 5. The lowest BCUT2D eigenvalue weighted by Crippen LogP contribution is -2.40. The molecule has 2 aromatic heterocycles. The van der Waals surface area contributed by atoms with Gasteiger partial charge in [-0.3, -0.25) is 9.20 Å². The molecule has 1 unspecified atom stereocenters. The number of fused-ring (bicyclic) bond motifs is 1. The minimum absolute atomic E-state index is 0.138. The highest BCUT2D eigenvalue weighted by molar-refractivity contribution is 5.94. The Hall–Kier alpha value is -2.89. The van der Waals surface area contributed by atoms with Crippen molar-refractivity contribution in [2.75, 3.05) is 18.5 Å². The number of aromatic nitrogens is 3. The minimum Gasteiger partial charge on any atom is -0.370 e. The largest absolute Gasteiger partial charge is 0.370 e. The number of likely N-dealkylation sites (N-methyl/N-ethyl adjacent to an activating group) is 1. The molecule has 0 saturated heterocycles. The first-order valence-electron chi connectivity index (χ1n) is 7.93. The van der Waals surface area contributed by atoms with Crippen LogP contribution in [0.3, 0.4) is 0 Å². The van der Waals surface area contributed by atoms with Crippen molar-refractivity contribution in [1.29, 1.82) is 0 Å². The van der Waals surface area contributed by atoms with Crippen LogP contribution in [0.15, 0.2) is 48.8 Å². The van der Waals surface area contributed by atoms with Gasteiger partial charge in [0.15, 0.2) is 0 Å². The Balaban J connectivity index is 1.70. The van der Waals surface area contributed by atoms with E-state index in [4.69, 9.17) is 0 Å². The number of nitrogens with zero attached hydrogens (tertiary/aromatic N) is 4. The smallest absolute Gasteiger partial charge is 0.270 e. The number of benzene rings is 1. The summed E-state index contributed by atoms with van der Waals surface area (Å²) < 4.78 is 1.72. The molecule has 3 aromatic rings. The van der Waals surface area contributed by atoms with Gasteiger partial charge in [0.25, 0.3) is 5.91 Å². The lowest BCUT2D eigenvalue weighted by Gasteiger charge is -2.27. The van der Waals surface area contributed by atoms with Crippen LogP contribution in [0.2, 0.25) is 0 Å². The molecule has 1 atom stereocenters. The highest BCUT2D eigenvalue weighted by atomic mass is 16.2. The van der Waals surface area contributed by atoms with E-state index in [1.807, 2.05) is 32.2 Å². The minimum atomic E-state index is -0.138. The molecule has 0 aliphatic rings. The highest BCUT2D eigenvalue weighted by Gasteiger charge is 2.18. The van der Waals surface area contributed by atoms with Gasteiger partial charge < -0.3 is 10.2 Å². The third-order valence-electron chi connectivity index (χ3n) is 4.18. The SMILES string of the molecule is Cc1nc2ncccn2c1C(=O)NCC(C)N(C)c1ccccc1. The number of anilines is 1. The summed E-state index contributed by atoms with van der Waals surface area (Å²) in [7, 11) is 2.02. The Morgan fingerprint density at radius 3 is 2.79 bits per heavy atom. The van der Waals surface area contributed by atoms with Crippen LogP contribution in [0, 0.1) is 6.92 Å². The van der Waals surface area contributed by atoms with Gasteiger partial charge in [0, 0.05) is 37.7 Å². The van der Waals surface area contributed by atoms with E-state index in [1.165, 1.54) is 0 Å². The number of nitrogens with one attached hydrogen (secondary N) is 1. The van der Waals surface area contributed by atoms with E-state index in [2.05, 4.69) is 39.2 Å². The fourth-order valence-electron chi connectivity index (χ4n) is 2.65. The van der Waals surface area contributed by atoms with Crippen molar-refractivity contribution in [1.82, 2.24) is 19.7 Å². The molecule has 124 valence electrons. The Bertz CT molecular complexity index is 843. The first-order valence-corrected chi connectivity index (χ1v) is 7.93. The normalized spacial score (nSPS) is 12.1. The van der Waals surface area contributed by atoms with Gasteiger partial charge in [0.2, 0.25) is 5.78 Å². The molecule has 24 heavy (non-hydrogen) atoms. The van der Waals surface area contributed by atoms with Gasteiger partial charge in [-0.1, -0.05) is 18.2 Å². The standard InChI is InChI=1S/C18H21N5O/c1-13(22(3)15-8-5-4-6-9-15)12-20-17(24)16-14(2)21-18-19-10-7-11-23(16)18/h4-11,13H,12H2,1-3H3,(H,20,24). The fourth-order valence-corrected chi connectivity index (χ4v) is 2.65. The quantitative estimate of drug-likeness (QED) is 0.782. The van der Waals surface area contributed by atoms with Gasteiger partial charge in [0.1, 0.15) is 5.69 Å². The first kappa shape index (κ1) is 16.0. The molecular formula is C18H21N5O. The van der Waals surface area contributed by atoms with Gasteiger partial charge in [-0.15, -0.1) is 0 Å². The Labute approximate surface area is 141 Å². The van der Waals surface area contributed by atoms with Crippen LogP contribution < -0.4 is 10.2 Å². The summed E-state index contributed by atoms with van der Waals surface area (Å²) in [5.41, 5.74) is 2.33. The van der Waals surface area contributed by atoms with Crippen molar-refractivity contribution in [2.45, 2.75) is 19.9 Å². The van der Waals surface area contributed by atoms with Gasteiger partial charge in [-0.2, -0.15) is 0 Å². The van der Waals surface area contributed by atoms with Crippen molar-refractivity contribution >= 4 is 17.4 Å². The molecule has 0 spiro atoms.